The molecule has 0 radical (unpaired) electrons. The first-order valence-electron chi connectivity index (χ1n) is 7.93. The minimum Gasteiger partial charge on any atom is -0.496 e. The van der Waals surface area contributed by atoms with Crippen molar-refractivity contribution in [1.29, 1.82) is 0 Å². The molecule has 0 atom stereocenters. The highest BCUT2D eigenvalue weighted by molar-refractivity contribution is 7.98. The molecule has 0 aliphatic heterocycles. The summed E-state index contributed by atoms with van der Waals surface area (Å²) in [5.74, 6) is 2.68. The van der Waals surface area contributed by atoms with E-state index in [4.69, 9.17) is 9.26 Å². The molecular weight excluding hydrogens is 366 g/mol. The van der Waals surface area contributed by atoms with E-state index in [0.717, 1.165) is 32.5 Å². The zero-order valence-corrected chi connectivity index (χ0v) is 15.6. The molecule has 0 saturated heterocycles. The van der Waals surface area contributed by atoms with Crippen LogP contribution in [0.2, 0.25) is 0 Å². The summed E-state index contributed by atoms with van der Waals surface area (Å²) in [7, 11) is 1.68. The highest BCUT2D eigenvalue weighted by Crippen LogP contribution is 2.33. The van der Waals surface area contributed by atoms with E-state index in [1.54, 1.807) is 36.4 Å². The zero-order chi connectivity index (χ0) is 17.8. The van der Waals surface area contributed by atoms with E-state index in [-0.39, 0.29) is 0 Å². The summed E-state index contributed by atoms with van der Waals surface area (Å²) in [5.41, 5.74) is 1.95. The van der Waals surface area contributed by atoms with Crippen molar-refractivity contribution in [2.45, 2.75) is 10.8 Å². The van der Waals surface area contributed by atoms with Gasteiger partial charge in [-0.15, -0.1) is 23.1 Å². The molecule has 1 aromatic carbocycles. The molecule has 7 heteroatoms. The van der Waals surface area contributed by atoms with E-state index in [2.05, 4.69) is 21.2 Å². The lowest BCUT2D eigenvalue weighted by atomic mass is 10.2. The van der Waals surface area contributed by atoms with Crippen LogP contribution < -0.4 is 4.74 Å². The first kappa shape index (κ1) is 16.8. The number of thiophene rings is 1. The third-order valence-corrected chi connectivity index (χ3v) is 5.65. The van der Waals surface area contributed by atoms with Gasteiger partial charge in [-0.25, -0.2) is 4.98 Å². The van der Waals surface area contributed by atoms with Crippen molar-refractivity contribution in [3.05, 3.63) is 65.7 Å². The topological polar surface area (TPSA) is 61.0 Å². The monoisotopic (exact) mass is 381 g/mol. The maximum atomic E-state index is 5.48. The lowest BCUT2D eigenvalue weighted by Gasteiger charge is -2.08. The Labute approximate surface area is 159 Å². The van der Waals surface area contributed by atoms with Crippen LogP contribution in [0, 0.1) is 0 Å². The molecule has 3 aromatic heterocycles. The van der Waals surface area contributed by atoms with Crippen molar-refractivity contribution in [2.75, 3.05) is 7.11 Å². The van der Waals surface area contributed by atoms with E-state index in [9.17, 15) is 0 Å². The number of para-hydroxylation sites is 1. The molecule has 26 heavy (non-hydrogen) atoms. The van der Waals surface area contributed by atoms with Crippen molar-refractivity contribution in [3.8, 4) is 27.9 Å². The number of ether oxygens (including phenoxy) is 1. The lowest BCUT2D eigenvalue weighted by Crippen LogP contribution is -1.91. The molecule has 130 valence electrons. The molecule has 0 aliphatic carbocycles. The van der Waals surface area contributed by atoms with E-state index in [0.29, 0.717) is 11.7 Å². The predicted molar refractivity (Wildman–Crippen MR) is 103 cm³/mol. The largest absolute Gasteiger partial charge is 0.496 e. The number of pyridine rings is 1. The molecule has 0 fully saturated rings. The Balaban J connectivity index is 1.59. The Hall–Kier alpha value is -2.64. The number of rotatable bonds is 6. The molecule has 5 nitrogen and oxygen atoms in total. The van der Waals surface area contributed by atoms with Gasteiger partial charge in [0, 0.05) is 17.5 Å². The van der Waals surface area contributed by atoms with Crippen LogP contribution in [0.25, 0.3) is 22.2 Å². The Morgan fingerprint density at radius 1 is 1.12 bits per heavy atom. The molecule has 0 N–H and O–H groups in total. The predicted octanol–water partition coefficient (Wildman–Crippen LogP) is 5.16. The van der Waals surface area contributed by atoms with Gasteiger partial charge in [-0.3, -0.25) is 0 Å². The van der Waals surface area contributed by atoms with Crippen LogP contribution in [0.1, 0.15) is 5.56 Å². The fraction of sp³-hybridized carbons (Fsp3) is 0.105. The van der Waals surface area contributed by atoms with Gasteiger partial charge in [0.15, 0.2) is 0 Å². The van der Waals surface area contributed by atoms with Crippen molar-refractivity contribution in [2.24, 2.45) is 0 Å². The number of methoxy groups -OCH3 is 1. The second-order valence-electron chi connectivity index (χ2n) is 5.36. The van der Waals surface area contributed by atoms with Crippen LogP contribution in [-0.4, -0.2) is 22.2 Å². The number of aromatic nitrogens is 3. The maximum absolute atomic E-state index is 5.48. The first-order chi connectivity index (χ1) is 12.8. The number of thioether (sulfide) groups is 1. The van der Waals surface area contributed by atoms with Crippen LogP contribution in [0.3, 0.4) is 0 Å². The minimum absolute atomic E-state index is 0.476. The third kappa shape index (κ3) is 3.49. The number of hydrogen-bond acceptors (Lipinski definition) is 7. The van der Waals surface area contributed by atoms with Crippen LogP contribution in [0.4, 0.5) is 0 Å². The van der Waals surface area contributed by atoms with Crippen molar-refractivity contribution in [1.82, 2.24) is 15.1 Å². The fourth-order valence-electron chi connectivity index (χ4n) is 2.48. The van der Waals surface area contributed by atoms with E-state index < -0.39 is 0 Å². The smallest absolute Gasteiger partial charge is 0.261 e. The van der Waals surface area contributed by atoms with E-state index in [1.807, 2.05) is 47.8 Å². The normalized spacial score (nSPS) is 10.8. The van der Waals surface area contributed by atoms with Crippen molar-refractivity contribution >= 4 is 23.1 Å². The van der Waals surface area contributed by atoms with E-state index in [1.165, 1.54) is 0 Å². The third-order valence-electron chi connectivity index (χ3n) is 3.73. The molecule has 3 heterocycles. The van der Waals surface area contributed by atoms with Gasteiger partial charge in [0.05, 0.1) is 17.6 Å². The number of nitrogens with zero attached hydrogens (tertiary/aromatic N) is 3. The molecule has 0 spiro atoms. The fourth-order valence-corrected chi connectivity index (χ4v) is 4.10. The van der Waals surface area contributed by atoms with Gasteiger partial charge in [0.25, 0.3) is 5.89 Å². The van der Waals surface area contributed by atoms with Crippen LogP contribution in [-0.2, 0) is 5.75 Å². The Morgan fingerprint density at radius 3 is 2.88 bits per heavy atom. The Kier molecular flexibility index (Phi) is 4.99. The highest BCUT2D eigenvalue weighted by Gasteiger charge is 2.16. The number of hydrogen-bond donors (Lipinski definition) is 0. The summed E-state index contributed by atoms with van der Waals surface area (Å²) in [6, 6.07) is 15.7. The number of benzene rings is 1. The SMILES string of the molecule is COc1ccccc1CSc1ncccc1-c1nc(-c2cccs2)no1. The first-order valence-corrected chi connectivity index (χ1v) is 9.79. The second-order valence-corrected chi connectivity index (χ2v) is 7.27. The van der Waals surface area contributed by atoms with Gasteiger partial charge in [-0.1, -0.05) is 29.4 Å². The zero-order valence-electron chi connectivity index (χ0n) is 14.0. The molecule has 4 aromatic rings. The summed E-state index contributed by atoms with van der Waals surface area (Å²) >= 11 is 3.20. The van der Waals surface area contributed by atoms with Crippen LogP contribution in [0.5, 0.6) is 5.75 Å². The molecular formula is C19H15N3O2S2. The van der Waals surface area contributed by atoms with Crippen LogP contribution in [0.15, 0.2) is 69.7 Å². The molecule has 4 rings (SSSR count). The van der Waals surface area contributed by atoms with Gasteiger partial charge in [-0.05, 0) is 29.6 Å². The average molecular weight is 381 g/mol. The standard InChI is InChI=1S/C19H15N3O2S2/c1-23-15-8-3-2-6-13(15)12-26-19-14(7-4-10-20-19)18-21-17(22-24-18)16-9-5-11-25-16/h2-11H,12H2,1H3. The quantitative estimate of drug-likeness (QED) is 0.430. The summed E-state index contributed by atoms with van der Waals surface area (Å²) in [5, 5.41) is 6.93. The van der Waals surface area contributed by atoms with Gasteiger partial charge in [0.2, 0.25) is 5.82 Å². The second kappa shape index (κ2) is 7.72. The molecule has 0 saturated carbocycles. The Bertz CT molecular complexity index is 999. The van der Waals surface area contributed by atoms with Gasteiger partial charge >= 0.3 is 0 Å². The summed E-state index contributed by atoms with van der Waals surface area (Å²) in [4.78, 5) is 10.0. The minimum atomic E-state index is 0.476. The van der Waals surface area contributed by atoms with Gasteiger partial charge < -0.3 is 9.26 Å². The van der Waals surface area contributed by atoms with Crippen LogP contribution >= 0.6 is 23.1 Å². The van der Waals surface area contributed by atoms with Crippen molar-refractivity contribution < 1.29 is 9.26 Å². The molecule has 0 bridgehead atoms. The van der Waals surface area contributed by atoms with E-state index >= 15 is 0 Å². The summed E-state index contributed by atoms with van der Waals surface area (Å²) < 4.78 is 10.9. The molecule has 0 aliphatic rings. The van der Waals surface area contributed by atoms with Gasteiger partial charge in [0.1, 0.15) is 10.8 Å². The lowest BCUT2D eigenvalue weighted by molar-refractivity contribution is 0.411. The van der Waals surface area contributed by atoms with Gasteiger partial charge in [-0.2, -0.15) is 4.98 Å². The summed E-state index contributed by atoms with van der Waals surface area (Å²) in [6.45, 7) is 0. The average Bonchev–Trinajstić information content (AvgIpc) is 3.38. The Morgan fingerprint density at radius 2 is 2.04 bits per heavy atom. The molecule has 0 amide bonds. The summed E-state index contributed by atoms with van der Waals surface area (Å²) in [6.07, 6.45) is 1.77. The maximum Gasteiger partial charge on any atom is 0.261 e. The molecule has 0 unspecified atom stereocenters. The highest BCUT2D eigenvalue weighted by atomic mass is 32.2. The van der Waals surface area contributed by atoms with Crippen molar-refractivity contribution in [3.63, 3.8) is 0 Å².